The van der Waals surface area contributed by atoms with Gasteiger partial charge in [-0.25, -0.2) is 0 Å². The molecule has 20 heavy (non-hydrogen) atoms. The Bertz CT molecular complexity index is 733. The topological polar surface area (TPSA) is 57.6 Å². The van der Waals surface area contributed by atoms with E-state index in [0.717, 1.165) is 28.2 Å². The predicted molar refractivity (Wildman–Crippen MR) is 78.0 cm³/mol. The first kappa shape index (κ1) is 12.4. The maximum Gasteiger partial charge on any atom is 0.146 e. The molecule has 0 aliphatic heterocycles. The molecule has 0 radical (unpaired) electrons. The molecule has 1 heterocycles. The van der Waals surface area contributed by atoms with Crippen molar-refractivity contribution < 1.29 is 13.9 Å². The number of anilines is 1. The van der Waals surface area contributed by atoms with Gasteiger partial charge in [0, 0.05) is 17.1 Å². The SMILES string of the molecule is COc1cccc(OCc2cc3c(N)cccc3o2)c1. The molecule has 3 aromatic rings. The maximum atomic E-state index is 5.90. The van der Waals surface area contributed by atoms with Crippen LogP contribution in [0.25, 0.3) is 11.0 Å². The average molecular weight is 269 g/mol. The summed E-state index contributed by atoms with van der Waals surface area (Å²) in [6.07, 6.45) is 0. The van der Waals surface area contributed by atoms with Crippen LogP contribution in [0.1, 0.15) is 5.76 Å². The summed E-state index contributed by atoms with van der Waals surface area (Å²) >= 11 is 0. The number of hydrogen-bond donors (Lipinski definition) is 1. The van der Waals surface area contributed by atoms with Gasteiger partial charge >= 0.3 is 0 Å². The van der Waals surface area contributed by atoms with E-state index < -0.39 is 0 Å². The molecule has 4 nitrogen and oxygen atoms in total. The van der Waals surface area contributed by atoms with Crippen molar-refractivity contribution in [2.75, 3.05) is 12.8 Å². The summed E-state index contributed by atoms with van der Waals surface area (Å²) in [5.41, 5.74) is 7.38. The van der Waals surface area contributed by atoms with Gasteiger partial charge in [0.25, 0.3) is 0 Å². The van der Waals surface area contributed by atoms with Gasteiger partial charge in [0.2, 0.25) is 0 Å². The molecule has 0 amide bonds. The average Bonchev–Trinajstić information content (AvgIpc) is 2.90. The zero-order valence-corrected chi connectivity index (χ0v) is 11.1. The molecular formula is C16H15NO3. The van der Waals surface area contributed by atoms with Crippen LogP contribution in [0.5, 0.6) is 11.5 Å². The van der Waals surface area contributed by atoms with Crippen molar-refractivity contribution >= 4 is 16.7 Å². The first-order chi connectivity index (χ1) is 9.76. The Labute approximate surface area is 116 Å². The van der Waals surface area contributed by atoms with Crippen LogP contribution in [0.15, 0.2) is 52.9 Å². The molecule has 102 valence electrons. The molecule has 1 aromatic heterocycles. The Morgan fingerprint density at radius 2 is 1.85 bits per heavy atom. The quantitative estimate of drug-likeness (QED) is 0.735. The molecule has 2 aromatic carbocycles. The van der Waals surface area contributed by atoms with E-state index in [0.29, 0.717) is 12.3 Å². The molecule has 0 spiro atoms. The molecule has 0 aliphatic rings. The number of fused-ring (bicyclic) bond motifs is 1. The second-order valence-corrected chi connectivity index (χ2v) is 4.44. The Morgan fingerprint density at radius 1 is 1.05 bits per heavy atom. The first-order valence-corrected chi connectivity index (χ1v) is 6.30. The summed E-state index contributed by atoms with van der Waals surface area (Å²) in [6.45, 7) is 0.348. The lowest BCUT2D eigenvalue weighted by Crippen LogP contribution is -1.94. The summed E-state index contributed by atoms with van der Waals surface area (Å²) in [7, 11) is 1.63. The lowest BCUT2D eigenvalue weighted by Gasteiger charge is -2.05. The molecule has 0 aliphatic carbocycles. The Hall–Kier alpha value is -2.62. The molecule has 0 bridgehead atoms. The van der Waals surface area contributed by atoms with Crippen LogP contribution >= 0.6 is 0 Å². The zero-order valence-electron chi connectivity index (χ0n) is 11.1. The largest absolute Gasteiger partial charge is 0.497 e. The van der Waals surface area contributed by atoms with Gasteiger partial charge in [0.1, 0.15) is 29.4 Å². The van der Waals surface area contributed by atoms with Gasteiger partial charge in [-0.3, -0.25) is 0 Å². The van der Waals surface area contributed by atoms with E-state index in [1.807, 2.05) is 48.5 Å². The van der Waals surface area contributed by atoms with Crippen molar-refractivity contribution in [3.63, 3.8) is 0 Å². The second-order valence-electron chi connectivity index (χ2n) is 4.44. The molecule has 2 N–H and O–H groups in total. The third-order valence-corrected chi connectivity index (χ3v) is 3.07. The highest BCUT2D eigenvalue weighted by Crippen LogP contribution is 2.26. The smallest absolute Gasteiger partial charge is 0.146 e. The number of rotatable bonds is 4. The predicted octanol–water partition coefficient (Wildman–Crippen LogP) is 3.60. The molecule has 4 heteroatoms. The van der Waals surface area contributed by atoms with Gasteiger partial charge in [0.15, 0.2) is 0 Å². The van der Waals surface area contributed by atoms with Crippen LogP contribution in [0.4, 0.5) is 5.69 Å². The fourth-order valence-electron chi connectivity index (χ4n) is 2.05. The van der Waals surface area contributed by atoms with E-state index in [-0.39, 0.29) is 0 Å². The van der Waals surface area contributed by atoms with E-state index in [9.17, 15) is 0 Å². The van der Waals surface area contributed by atoms with E-state index in [4.69, 9.17) is 19.6 Å². The highest BCUT2D eigenvalue weighted by atomic mass is 16.5. The molecule has 0 saturated heterocycles. The lowest BCUT2D eigenvalue weighted by molar-refractivity contribution is 0.273. The van der Waals surface area contributed by atoms with Crippen LogP contribution in [-0.2, 0) is 6.61 Å². The number of furan rings is 1. The maximum absolute atomic E-state index is 5.90. The van der Waals surface area contributed by atoms with Gasteiger partial charge in [-0.15, -0.1) is 0 Å². The highest BCUT2D eigenvalue weighted by Gasteiger charge is 2.07. The molecule has 3 rings (SSSR count). The number of methoxy groups -OCH3 is 1. The Balaban J connectivity index is 1.78. The molecule has 0 unspecified atom stereocenters. The Kier molecular flexibility index (Phi) is 3.21. The summed E-state index contributed by atoms with van der Waals surface area (Å²) in [4.78, 5) is 0. The van der Waals surface area contributed by atoms with E-state index in [1.165, 1.54) is 0 Å². The van der Waals surface area contributed by atoms with Crippen molar-refractivity contribution in [3.8, 4) is 11.5 Å². The van der Waals surface area contributed by atoms with Crippen LogP contribution in [0.3, 0.4) is 0 Å². The minimum Gasteiger partial charge on any atom is -0.497 e. The summed E-state index contributed by atoms with van der Waals surface area (Å²) in [6, 6.07) is 15.0. The molecule has 0 fully saturated rings. The number of ether oxygens (including phenoxy) is 2. The first-order valence-electron chi connectivity index (χ1n) is 6.30. The summed E-state index contributed by atoms with van der Waals surface area (Å²) in [5.74, 6) is 2.23. The van der Waals surface area contributed by atoms with Crippen molar-refractivity contribution in [1.82, 2.24) is 0 Å². The zero-order chi connectivity index (χ0) is 13.9. The third-order valence-electron chi connectivity index (χ3n) is 3.07. The van der Waals surface area contributed by atoms with Crippen molar-refractivity contribution in [2.24, 2.45) is 0 Å². The molecular weight excluding hydrogens is 254 g/mol. The van der Waals surface area contributed by atoms with E-state index in [1.54, 1.807) is 7.11 Å². The number of hydrogen-bond acceptors (Lipinski definition) is 4. The van der Waals surface area contributed by atoms with Gasteiger partial charge in [0.05, 0.1) is 7.11 Å². The Morgan fingerprint density at radius 3 is 2.65 bits per heavy atom. The van der Waals surface area contributed by atoms with Crippen molar-refractivity contribution in [2.45, 2.75) is 6.61 Å². The highest BCUT2D eigenvalue weighted by molar-refractivity contribution is 5.89. The number of nitrogens with two attached hydrogens (primary N) is 1. The number of benzene rings is 2. The molecule has 0 saturated carbocycles. The molecule has 0 atom stereocenters. The van der Waals surface area contributed by atoms with Crippen LogP contribution in [0, 0.1) is 0 Å². The summed E-state index contributed by atoms with van der Waals surface area (Å²) < 4.78 is 16.5. The minimum absolute atomic E-state index is 0.348. The van der Waals surface area contributed by atoms with Crippen LogP contribution in [0.2, 0.25) is 0 Å². The monoisotopic (exact) mass is 269 g/mol. The van der Waals surface area contributed by atoms with E-state index >= 15 is 0 Å². The second kappa shape index (κ2) is 5.17. The minimum atomic E-state index is 0.348. The third kappa shape index (κ3) is 2.40. The number of nitrogen functional groups attached to an aromatic ring is 1. The van der Waals surface area contributed by atoms with Gasteiger partial charge < -0.3 is 19.6 Å². The van der Waals surface area contributed by atoms with Crippen LogP contribution < -0.4 is 15.2 Å². The fraction of sp³-hybridized carbons (Fsp3) is 0.125. The fourth-order valence-corrected chi connectivity index (χ4v) is 2.05. The van der Waals surface area contributed by atoms with Crippen molar-refractivity contribution in [3.05, 3.63) is 54.3 Å². The standard InChI is InChI=1S/C16H15NO3/c1-18-11-4-2-5-12(8-11)19-10-13-9-14-15(17)6-3-7-16(14)20-13/h2-9H,10,17H2,1H3. The van der Waals surface area contributed by atoms with Gasteiger partial charge in [-0.2, -0.15) is 0 Å². The van der Waals surface area contributed by atoms with E-state index in [2.05, 4.69) is 0 Å². The lowest BCUT2D eigenvalue weighted by atomic mass is 10.2. The van der Waals surface area contributed by atoms with Gasteiger partial charge in [-0.05, 0) is 30.3 Å². The van der Waals surface area contributed by atoms with Crippen molar-refractivity contribution in [1.29, 1.82) is 0 Å². The van der Waals surface area contributed by atoms with Gasteiger partial charge in [-0.1, -0.05) is 12.1 Å². The summed E-state index contributed by atoms with van der Waals surface area (Å²) in [5, 5.41) is 0.914. The normalized spacial score (nSPS) is 10.7. The van der Waals surface area contributed by atoms with Crippen LogP contribution in [-0.4, -0.2) is 7.11 Å².